The minimum absolute atomic E-state index is 0.357. The first-order chi connectivity index (χ1) is 11.2. The van der Waals surface area contributed by atoms with Crippen molar-refractivity contribution < 1.29 is 9.90 Å². The number of nitrogens with one attached hydrogen (secondary N) is 1. The second-order valence-electron chi connectivity index (χ2n) is 5.75. The Kier molecular flexibility index (Phi) is 4.88. The van der Waals surface area contributed by atoms with E-state index in [1.165, 1.54) is 12.8 Å². The standard InChI is InChI=1S/C18H21N3O2/c22-17(15-6-2-1-3-7-15)18(23)20-13-14-8-9-16(19-12-14)21-10-4-5-11-21/h1-3,6-9,12,17,22H,4-5,10-11,13H2,(H,20,23). The summed E-state index contributed by atoms with van der Waals surface area (Å²) in [6, 6.07) is 12.9. The number of pyridine rings is 1. The molecule has 1 aromatic carbocycles. The van der Waals surface area contributed by atoms with Crippen LogP contribution in [0.15, 0.2) is 48.7 Å². The number of carbonyl (C=O) groups excluding carboxylic acids is 1. The summed E-state index contributed by atoms with van der Waals surface area (Å²) in [5.74, 6) is 0.585. The van der Waals surface area contributed by atoms with Crippen LogP contribution in [-0.4, -0.2) is 29.1 Å². The molecular weight excluding hydrogens is 290 g/mol. The summed E-state index contributed by atoms with van der Waals surface area (Å²) in [6.45, 7) is 2.48. The average molecular weight is 311 g/mol. The molecule has 5 heteroatoms. The Bertz CT molecular complexity index is 637. The second kappa shape index (κ2) is 7.24. The molecule has 1 saturated heterocycles. The van der Waals surface area contributed by atoms with Crippen LogP contribution in [0.1, 0.15) is 30.1 Å². The Labute approximate surface area is 136 Å². The second-order valence-corrected chi connectivity index (χ2v) is 5.75. The molecule has 1 atom stereocenters. The van der Waals surface area contributed by atoms with Crippen molar-refractivity contribution in [1.82, 2.24) is 10.3 Å². The van der Waals surface area contributed by atoms with Gasteiger partial charge in [0, 0.05) is 25.8 Å². The maximum atomic E-state index is 12.0. The molecule has 0 spiro atoms. The topological polar surface area (TPSA) is 65.5 Å². The van der Waals surface area contributed by atoms with Gasteiger partial charge in [0.25, 0.3) is 5.91 Å². The van der Waals surface area contributed by atoms with E-state index in [1.807, 2.05) is 18.2 Å². The van der Waals surface area contributed by atoms with Crippen molar-refractivity contribution in [1.29, 1.82) is 0 Å². The third-order valence-corrected chi connectivity index (χ3v) is 4.07. The molecule has 0 bridgehead atoms. The molecule has 0 saturated carbocycles. The predicted molar refractivity (Wildman–Crippen MR) is 88.9 cm³/mol. The van der Waals surface area contributed by atoms with Crippen LogP contribution >= 0.6 is 0 Å². The number of carbonyl (C=O) groups is 1. The van der Waals surface area contributed by atoms with Gasteiger partial charge in [-0.05, 0) is 30.0 Å². The van der Waals surface area contributed by atoms with Crippen molar-refractivity contribution in [2.45, 2.75) is 25.5 Å². The smallest absolute Gasteiger partial charge is 0.253 e. The van der Waals surface area contributed by atoms with Gasteiger partial charge in [-0.15, -0.1) is 0 Å². The van der Waals surface area contributed by atoms with Crippen LogP contribution in [0.4, 0.5) is 5.82 Å². The molecule has 2 N–H and O–H groups in total. The van der Waals surface area contributed by atoms with Crippen molar-refractivity contribution >= 4 is 11.7 Å². The summed E-state index contributed by atoms with van der Waals surface area (Å²) in [5, 5.41) is 12.8. The van der Waals surface area contributed by atoms with E-state index in [9.17, 15) is 9.90 Å². The van der Waals surface area contributed by atoms with E-state index in [-0.39, 0.29) is 0 Å². The highest BCUT2D eigenvalue weighted by Gasteiger charge is 2.17. The zero-order valence-electron chi connectivity index (χ0n) is 13.0. The number of anilines is 1. The van der Waals surface area contributed by atoms with Gasteiger partial charge in [-0.1, -0.05) is 36.4 Å². The van der Waals surface area contributed by atoms with E-state index in [0.29, 0.717) is 12.1 Å². The molecule has 1 amide bonds. The number of rotatable bonds is 5. The van der Waals surface area contributed by atoms with Gasteiger partial charge in [-0.2, -0.15) is 0 Å². The van der Waals surface area contributed by atoms with Gasteiger partial charge in [0.15, 0.2) is 6.10 Å². The first-order valence-corrected chi connectivity index (χ1v) is 7.94. The fraction of sp³-hybridized carbons (Fsp3) is 0.333. The molecule has 0 aliphatic carbocycles. The van der Waals surface area contributed by atoms with E-state index >= 15 is 0 Å². The lowest BCUT2D eigenvalue weighted by atomic mass is 10.1. The monoisotopic (exact) mass is 311 g/mol. The van der Waals surface area contributed by atoms with Gasteiger partial charge < -0.3 is 15.3 Å². The van der Waals surface area contributed by atoms with Gasteiger partial charge in [0.05, 0.1) is 0 Å². The number of benzene rings is 1. The Morgan fingerprint density at radius 3 is 2.57 bits per heavy atom. The molecule has 1 aromatic heterocycles. The van der Waals surface area contributed by atoms with E-state index in [1.54, 1.807) is 30.5 Å². The Hall–Kier alpha value is -2.40. The minimum atomic E-state index is -1.15. The first kappa shape index (κ1) is 15.5. The van der Waals surface area contributed by atoms with E-state index in [0.717, 1.165) is 24.5 Å². The van der Waals surface area contributed by atoms with E-state index in [2.05, 4.69) is 15.2 Å². The Balaban J connectivity index is 1.54. The summed E-state index contributed by atoms with van der Waals surface area (Å²) in [4.78, 5) is 18.7. The molecule has 1 aliphatic heterocycles. The van der Waals surface area contributed by atoms with Gasteiger partial charge in [0.2, 0.25) is 0 Å². The summed E-state index contributed by atoms with van der Waals surface area (Å²) < 4.78 is 0. The van der Waals surface area contributed by atoms with E-state index < -0.39 is 12.0 Å². The van der Waals surface area contributed by atoms with Crippen LogP contribution in [0.2, 0.25) is 0 Å². The number of hydrogen-bond donors (Lipinski definition) is 2. The van der Waals surface area contributed by atoms with Crippen molar-refractivity contribution in [2.75, 3.05) is 18.0 Å². The number of aliphatic hydroxyl groups is 1. The summed E-state index contributed by atoms with van der Waals surface area (Å²) >= 11 is 0. The minimum Gasteiger partial charge on any atom is -0.378 e. The molecule has 0 radical (unpaired) electrons. The van der Waals surface area contributed by atoms with Crippen LogP contribution in [-0.2, 0) is 11.3 Å². The van der Waals surface area contributed by atoms with E-state index in [4.69, 9.17) is 0 Å². The molecule has 2 aromatic rings. The molecular formula is C18H21N3O2. The Morgan fingerprint density at radius 2 is 1.91 bits per heavy atom. The lowest BCUT2D eigenvalue weighted by molar-refractivity contribution is -0.129. The fourth-order valence-corrected chi connectivity index (χ4v) is 2.73. The van der Waals surface area contributed by atoms with Gasteiger partial charge in [0.1, 0.15) is 5.82 Å². The zero-order chi connectivity index (χ0) is 16.1. The highest BCUT2D eigenvalue weighted by atomic mass is 16.3. The van der Waals surface area contributed by atoms with Gasteiger partial charge >= 0.3 is 0 Å². The lowest BCUT2D eigenvalue weighted by Gasteiger charge is -2.16. The molecule has 1 fully saturated rings. The molecule has 1 aliphatic rings. The number of aromatic nitrogens is 1. The third kappa shape index (κ3) is 3.87. The number of nitrogens with zero attached hydrogens (tertiary/aromatic N) is 2. The van der Waals surface area contributed by atoms with Crippen molar-refractivity contribution in [2.24, 2.45) is 0 Å². The highest BCUT2D eigenvalue weighted by Crippen LogP contribution is 2.17. The van der Waals surface area contributed by atoms with Gasteiger partial charge in [-0.3, -0.25) is 4.79 Å². The van der Waals surface area contributed by atoms with Crippen LogP contribution in [0.3, 0.4) is 0 Å². The quantitative estimate of drug-likeness (QED) is 0.887. The fourth-order valence-electron chi connectivity index (χ4n) is 2.73. The molecule has 3 rings (SSSR count). The summed E-state index contributed by atoms with van der Waals surface area (Å²) in [7, 11) is 0. The largest absolute Gasteiger partial charge is 0.378 e. The van der Waals surface area contributed by atoms with Crippen LogP contribution < -0.4 is 10.2 Å². The van der Waals surface area contributed by atoms with Crippen LogP contribution in [0.25, 0.3) is 0 Å². The number of hydrogen-bond acceptors (Lipinski definition) is 4. The molecule has 23 heavy (non-hydrogen) atoms. The molecule has 120 valence electrons. The normalized spacial score (nSPS) is 15.4. The Morgan fingerprint density at radius 1 is 1.17 bits per heavy atom. The number of amides is 1. The maximum Gasteiger partial charge on any atom is 0.253 e. The van der Waals surface area contributed by atoms with Crippen LogP contribution in [0.5, 0.6) is 0 Å². The highest BCUT2D eigenvalue weighted by molar-refractivity contribution is 5.81. The zero-order valence-corrected chi connectivity index (χ0v) is 13.0. The summed E-state index contributed by atoms with van der Waals surface area (Å²) in [6.07, 6.45) is 3.07. The van der Waals surface area contributed by atoms with Crippen molar-refractivity contribution in [3.8, 4) is 0 Å². The van der Waals surface area contributed by atoms with Gasteiger partial charge in [-0.25, -0.2) is 4.98 Å². The third-order valence-electron chi connectivity index (χ3n) is 4.07. The first-order valence-electron chi connectivity index (χ1n) is 7.94. The predicted octanol–water partition coefficient (Wildman–Crippen LogP) is 2.03. The molecule has 5 nitrogen and oxygen atoms in total. The summed E-state index contributed by atoms with van der Waals surface area (Å²) in [5.41, 5.74) is 1.51. The maximum absolute atomic E-state index is 12.0. The molecule has 1 unspecified atom stereocenters. The SMILES string of the molecule is O=C(NCc1ccc(N2CCCC2)nc1)C(O)c1ccccc1. The molecule has 2 heterocycles. The number of aliphatic hydroxyl groups excluding tert-OH is 1. The van der Waals surface area contributed by atoms with Crippen LogP contribution in [0, 0.1) is 0 Å². The van der Waals surface area contributed by atoms with Crippen molar-refractivity contribution in [3.63, 3.8) is 0 Å². The lowest BCUT2D eigenvalue weighted by Crippen LogP contribution is -2.29. The average Bonchev–Trinajstić information content (AvgIpc) is 3.15. The van der Waals surface area contributed by atoms with Crippen molar-refractivity contribution in [3.05, 3.63) is 59.8 Å².